The summed E-state index contributed by atoms with van der Waals surface area (Å²) in [5.74, 6) is 0.713. The molecule has 5 rings (SSSR count). The standard InChI is InChI=1S/C44H40Cl2N4O3S/c1-3-4-22-50(23-8-9-24-51)35-15-12-32(42(26-35)52-30-31-10-6-5-7-11-31)13-16-36-17-18-37(54-36)19-20-39-38(29-49)43(33(27-47)28-48)53-44(39,2)34-14-21-40(45)41(46)25-34/h5-7,10-21,25-26,51H,3-4,8-9,22-24,30H2,1-2H3/b16-13+,20-19+. The largest absolute Gasteiger partial charge is 0.488 e. The molecule has 1 aliphatic rings. The highest BCUT2D eigenvalue weighted by Crippen LogP contribution is 2.48. The van der Waals surface area contributed by atoms with Crippen LogP contribution in [-0.2, 0) is 16.9 Å². The molecule has 0 saturated heterocycles. The molecule has 2 heterocycles. The van der Waals surface area contributed by atoms with E-state index in [2.05, 4.69) is 42.2 Å². The number of allylic oxidation sites excluding steroid dienone is 2. The van der Waals surface area contributed by atoms with Crippen molar-refractivity contribution in [3.8, 4) is 24.0 Å². The number of thiophene rings is 1. The first-order valence-electron chi connectivity index (χ1n) is 17.7. The van der Waals surface area contributed by atoms with Gasteiger partial charge >= 0.3 is 0 Å². The smallest absolute Gasteiger partial charge is 0.172 e. The maximum Gasteiger partial charge on any atom is 0.172 e. The molecule has 1 aliphatic heterocycles. The monoisotopic (exact) mass is 774 g/mol. The first-order chi connectivity index (χ1) is 26.2. The molecule has 0 aliphatic carbocycles. The van der Waals surface area contributed by atoms with Gasteiger partial charge < -0.3 is 19.5 Å². The molecule has 0 radical (unpaired) electrons. The van der Waals surface area contributed by atoms with Crippen LogP contribution in [0.2, 0.25) is 10.0 Å². The maximum atomic E-state index is 10.2. The van der Waals surface area contributed by atoms with Crippen molar-refractivity contribution in [1.82, 2.24) is 0 Å². The molecule has 54 heavy (non-hydrogen) atoms. The van der Waals surface area contributed by atoms with E-state index in [0.717, 1.165) is 71.1 Å². The van der Waals surface area contributed by atoms with Crippen molar-refractivity contribution in [3.63, 3.8) is 0 Å². The second kappa shape index (κ2) is 19.2. The van der Waals surface area contributed by atoms with Crippen molar-refractivity contribution in [3.05, 3.63) is 144 Å². The van der Waals surface area contributed by atoms with Crippen LogP contribution in [-0.4, -0.2) is 24.8 Å². The summed E-state index contributed by atoms with van der Waals surface area (Å²) in [5.41, 5.74) is 2.79. The molecule has 0 amide bonds. The number of halogens is 2. The molecule has 4 aromatic rings. The van der Waals surface area contributed by atoms with Gasteiger partial charge in [-0.15, -0.1) is 11.3 Å². The van der Waals surface area contributed by atoms with Crippen molar-refractivity contribution < 1.29 is 14.6 Å². The van der Waals surface area contributed by atoms with Crippen molar-refractivity contribution in [1.29, 1.82) is 15.8 Å². The predicted molar refractivity (Wildman–Crippen MR) is 219 cm³/mol. The van der Waals surface area contributed by atoms with Crippen LogP contribution in [0, 0.1) is 34.0 Å². The molecule has 1 aromatic heterocycles. The van der Waals surface area contributed by atoms with Gasteiger partial charge in [0.25, 0.3) is 0 Å². The number of unbranched alkanes of at least 4 members (excludes halogenated alkanes) is 2. The molecule has 0 fully saturated rings. The predicted octanol–water partition coefficient (Wildman–Crippen LogP) is 11.3. The summed E-state index contributed by atoms with van der Waals surface area (Å²) in [4.78, 5) is 4.29. The summed E-state index contributed by atoms with van der Waals surface area (Å²) >= 11 is 14.1. The van der Waals surface area contributed by atoms with Crippen molar-refractivity contribution in [2.45, 2.75) is 51.7 Å². The lowest BCUT2D eigenvalue weighted by atomic mass is 9.86. The Bertz CT molecular complexity index is 2190. The third-order valence-corrected chi connectivity index (χ3v) is 10.8. The Morgan fingerprint density at radius 2 is 1.59 bits per heavy atom. The van der Waals surface area contributed by atoms with Crippen LogP contribution in [0.15, 0.2) is 107 Å². The average molecular weight is 776 g/mol. The van der Waals surface area contributed by atoms with Crippen LogP contribution in [0.3, 0.4) is 0 Å². The molecule has 0 saturated carbocycles. The fourth-order valence-electron chi connectivity index (χ4n) is 6.07. The molecule has 1 atom stereocenters. The van der Waals surface area contributed by atoms with Crippen LogP contribution in [0.4, 0.5) is 5.69 Å². The van der Waals surface area contributed by atoms with Gasteiger partial charge in [-0.25, -0.2) is 0 Å². The van der Waals surface area contributed by atoms with Gasteiger partial charge in [-0.2, -0.15) is 15.8 Å². The molecule has 7 nitrogen and oxygen atoms in total. The lowest BCUT2D eigenvalue weighted by Gasteiger charge is -2.27. The number of nitriles is 3. The van der Waals surface area contributed by atoms with Gasteiger partial charge in [0.15, 0.2) is 16.9 Å². The SMILES string of the molecule is CCCCN(CCCCO)c1ccc(/C=C/c2ccc(/C=C/C3=C(C#N)C(=C(C#N)C#N)OC3(C)c3ccc(Cl)c(Cl)c3)s2)c(OCc2ccccc2)c1. The van der Waals surface area contributed by atoms with Gasteiger partial charge in [-0.1, -0.05) is 79.0 Å². The Morgan fingerprint density at radius 1 is 0.870 bits per heavy atom. The molecular formula is C44H40Cl2N4O3S. The topological polar surface area (TPSA) is 113 Å². The fraction of sp³-hybridized carbons (Fsp3) is 0.250. The van der Waals surface area contributed by atoms with Gasteiger partial charge in [-0.3, -0.25) is 0 Å². The quantitative estimate of drug-likeness (QED) is 0.0890. The van der Waals surface area contributed by atoms with Gasteiger partial charge in [0.2, 0.25) is 0 Å². The second-order valence-corrected chi connectivity index (χ2v) is 14.7. The van der Waals surface area contributed by atoms with Crippen LogP contribution in [0.1, 0.15) is 66.0 Å². The van der Waals surface area contributed by atoms with E-state index in [-0.39, 0.29) is 23.5 Å². The Labute approximate surface area is 331 Å². The highest BCUT2D eigenvalue weighted by atomic mass is 35.5. The van der Waals surface area contributed by atoms with Crippen molar-refractivity contribution >= 4 is 58.5 Å². The molecule has 10 heteroatoms. The lowest BCUT2D eigenvalue weighted by molar-refractivity contribution is 0.0755. The zero-order valence-electron chi connectivity index (χ0n) is 30.2. The van der Waals surface area contributed by atoms with Crippen LogP contribution in [0.25, 0.3) is 18.2 Å². The molecule has 3 aromatic carbocycles. The summed E-state index contributed by atoms with van der Waals surface area (Å²) < 4.78 is 12.7. The van der Waals surface area contributed by atoms with E-state index in [1.807, 2.05) is 66.8 Å². The minimum Gasteiger partial charge on any atom is -0.488 e. The van der Waals surface area contributed by atoms with Crippen LogP contribution in [0.5, 0.6) is 5.75 Å². The van der Waals surface area contributed by atoms with Gasteiger partial charge in [0.1, 0.15) is 36.1 Å². The van der Waals surface area contributed by atoms with E-state index in [4.69, 9.17) is 32.7 Å². The number of rotatable bonds is 16. The van der Waals surface area contributed by atoms with Crippen molar-refractivity contribution in [2.75, 3.05) is 24.6 Å². The Balaban J connectivity index is 1.45. The van der Waals surface area contributed by atoms with Crippen LogP contribution >= 0.6 is 34.5 Å². The number of anilines is 1. The second-order valence-electron chi connectivity index (χ2n) is 12.8. The minimum absolute atomic E-state index is 0.0690. The van der Waals surface area contributed by atoms with Crippen molar-refractivity contribution in [2.24, 2.45) is 0 Å². The number of ether oxygens (including phenoxy) is 2. The number of benzene rings is 3. The van der Waals surface area contributed by atoms with E-state index >= 15 is 0 Å². The van der Waals surface area contributed by atoms with E-state index in [1.54, 1.807) is 42.5 Å². The average Bonchev–Trinajstić information content (AvgIpc) is 3.77. The molecular weight excluding hydrogens is 735 g/mol. The summed E-state index contributed by atoms with van der Waals surface area (Å²) in [6.45, 7) is 6.37. The summed E-state index contributed by atoms with van der Waals surface area (Å²) in [6.07, 6.45) is 11.6. The highest BCUT2D eigenvalue weighted by molar-refractivity contribution is 7.13. The third-order valence-electron chi connectivity index (χ3n) is 9.06. The Morgan fingerprint density at radius 3 is 2.26 bits per heavy atom. The van der Waals surface area contributed by atoms with E-state index < -0.39 is 5.60 Å². The third kappa shape index (κ3) is 9.63. The van der Waals surface area contributed by atoms with Crippen LogP contribution < -0.4 is 9.64 Å². The maximum absolute atomic E-state index is 10.2. The summed E-state index contributed by atoms with van der Waals surface area (Å²) in [7, 11) is 0. The van der Waals surface area contributed by atoms with Gasteiger partial charge in [-0.05, 0) is 86.4 Å². The molecule has 1 N–H and O–H groups in total. The number of nitrogens with zero attached hydrogens (tertiary/aromatic N) is 4. The van der Waals surface area contributed by atoms with Gasteiger partial charge in [0.05, 0.1) is 10.0 Å². The zero-order valence-corrected chi connectivity index (χ0v) is 32.5. The Kier molecular flexibility index (Phi) is 14.2. The van der Waals surface area contributed by atoms with E-state index in [0.29, 0.717) is 27.8 Å². The van der Waals surface area contributed by atoms with E-state index in [9.17, 15) is 20.9 Å². The molecule has 1 unspecified atom stereocenters. The molecule has 0 spiro atoms. The number of hydrogen-bond acceptors (Lipinski definition) is 8. The highest BCUT2D eigenvalue weighted by Gasteiger charge is 2.44. The minimum atomic E-state index is -1.22. The molecule has 0 bridgehead atoms. The van der Waals surface area contributed by atoms with Gasteiger partial charge in [0, 0.05) is 57.9 Å². The van der Waals surface area contributed by atoms with E-state index in [1.165, 1.54) is 0 Å². The number of hydrogen-bond donors (Lipinski definition) is 1. The summed E-state index contributed by atoms with van der Waals surface area (Å²) in [5, 5.41) is 39.5. The zero-order chi connectivity index (χ0) is 38.5. The number of aliphatic hydroxyl groups is 1. The summed E-state index contributed by atoms with van der Waals surface area (Å²) in [6, 6.07) is 31.3. The normalized spacial score (nSPS) is 15.3. The fourth-order valence-corrected chi connectivity index (χ4v) is 7.18. The lowest BCUT2D eigenvalue weighted by Crippen LogP contribution is -2.25. The number of aliphatic hydroxyl groups excluding tert-OH is 1. The first-order valence-corrected chi connectivity index (χ1v) is 19.3. The first kappa shape index (κ1) is 39.9. The molecule has 274 valence electrons. The Hall–Kier alpha value is -5.27.